The third-order valence-electron chi connectivity index (χ3n) is 4.62. The van der Waals surface area contributed by atoms with E-state index in [1.54, 1.807) is 6.07 Å². The summed E-state index contributed by atoms with van der Waals surface area (Å²) in [5.41, 5.74) is 3.29. The van der Waals surface area contributed by atoms with Crippen molar-refractivity contribution in [3.63, 3.8) is 0 Å². The molecule has 0 spiro atoms. The number of imidazole rings is 1. The van der Waals surface area contributed by atoms with E-state index < -0.39 is 12.2 Å². The number of aromatic nitrogens is 3. The van der Waals surface area contributed by atoms with E-state index in [1.807, 2.05) is 24.3 Å². The molecule has 1 aliphatic heterocycles. The van der Waals surface area contributed by atoms with Gasteiger partial charge in [0.05, 0.1) is 35.6 Å². The molecule has 1 saturated heterocycles. The molecule has 3 heterocycles. The summed E-state index contributed by atoms with van der Waals surface area (Å²) < 4.78 is 11.2. The lowest BCUT2D eigenvalue weighted by atomic mass is 10.0. The number of benzene rings is 1. The van der Waals surface area contributed by atoms with Crippen LogP contribution in [0.5, 0.6) is 6.01 Å². The van der Waals surface area contributed by atoms with Crippen molar-refractivity contribution in [3.05, 3.63) is 40.9 Å². The Morgan fingerprint density at radius 2 is 2.11 bits per heavy atom. The van der Waals surface area contributed by atoms with Crippen molar-refractivity contribution >= 4 is 22.8 Å². The predicted molar refractivity (Wildman–Crippen MR) is 104 cm³/mol. The number of aliphatic hydroxyl groups excluding tert-OH is 2. The molecule has 1 aliphatic rings. The van der Waals surface area contributed by atoms with Crippen molar-refractivity contribution in [1.29, 1.82) is 0 Å². The molecule has 4 rings (SSSR count). The molecule has 3 N–H and O–H groups in total. The van der Waals surface area contributed by atoms with E-state index in [9.17, 15) is 5.11 Å². The maximum atomic E-state index is 9.96. The lowest BCUT2D eigenvalue weighted by molar-refractivity contribution is -0.131. The summed E-state index contributed by atoms with van der Waals surface area (Å²) in [7, 11) is 0. The van der Waals surface area contributed by atoms with Crippen LogP contribution < -0.4 is 4.74 Å². The third-order valence-corrected chi connectivity index (χ3v) is 4.91. The molecular formula is C20H18ClN3O4. The number of rotatable bonds is 4. The molecule has 2 aromatic heterocycles. The lowest BCUT2D eigenvalue weighted by Crippen LogP contribution is -2.45. The average molecular weight is 400 g/mol. The van der Waals surface area contributed by atoms with Crippen LogP contribution in [0.1, 0.15) is 12.0 Å². The summed E-state index contributed by atoms with van der Waals surface area (Å²) in [6, 6.07) is 9.37. The number of aliphatic hydroxyl groups is 2. The Kier molecular flexibility index (Phi) is 5.20. The Bertz CT molecular complexity index is 1030. The highest BCUT2D eigenvalue weighted by atomic mass is 35.5. The van der Waals surface area contributed by atoms with Gasteiger partial charge in [0, 0.05) is 17.5 Å². The van der Waals surface area contributed by atoms with Crippen LogP contribution in [0.15, 0.2) is 30.3 Å². The molecule has 3 aromatic rings. The summed E-state index contributed by atoms with van der Waals surface area (Å²) in [5.74, 6) is 2.57. The number of pyridine rings is 1. The van der Waals surface area contributed by atoms with Crippen molar-refractivity contribution < 1.29 is 19.7 Å². The van der Waals surface area contributed by atoms with Gasteiger partial charge < -0.3 is 24.7 Å². The monoisotopic (exact) mass is 399 g/mol. The van der Waals surface area contributed by atoms with E-state index in [0.717, 1.165) is 11.1 Å². The quantitative estimate of drug-likeness (QED) is 0.581. The van der Waals surface area contributed by atoms with Gasteiger partial charge in [-0.05, 0) is 18.2 Å². The summed E-state index contributed by atoms with van der Waals surface area (Å²) in [5, 5.41) is 19.6. The molecular weight excluding hydrogens is 382 g/mol. The maximum Gasteiger partial charge on any atom is 0.296 e. The first-order chi connectivity index (χ1) is 13.6. The number of nitrogens with one attached hydrogen (secondary N) is 1. The third kappa shape index (κ3) is 3.68. The van der Waals surface area contributed by atoms with Crippen molar-refractivity contribution in [2.75, 3.05) is 13.2 Å². The number of fused-ring (bicyclic) bond motifs is 1. The molecule has 0 aliphatic carbocycles. The summed E-state index contributed by atoms with van der Waals surface area (Å²) in [6.07, 6.45) is 3.96. The number of H-pyrrole nitrogens is 1. The van der Waals surface area contributed by atoms with Crippen LogP contribution in [0.2, 0.25) is 5.02 Å². The van der Waals surface area contributed by atoms with Crippen molar-refractivity contribution in [2.24, 2.45) is 0 Å². The van der Waals surface area contributed by atoms with Gasteiger partial charge in [-0.3, -0.25) is 0 Å². The highest BCUT2D eigenvalue weighted by molar-refractivity contribution is 6.33. The number of aromatic amines is 1. The van der Waals surface area contributed by atoms with E-state index in [-0.39, 0.29) is 25.3 Å². The summed E-state index contributed by atoms with van der Waals surface area (Å²) >= 11 is 6.40. The SMILES string of the molecule is C#Cc1ccc(-c2nc3nc(O[C@H]4COC(CO)[C@@H](O)C4)[nH]c3cc2Cl)cc1. The minimum Gasteiger partial charge on any atom is -0.459 e. The second-order valence-electron chi connectivity index (χ2n) is 6.55. The standard InChI is InChI=1S/C20H18ClN3O4/c1-2-11-3-5-12(6-4-11)18-14(21)8-15-19(23-18)24-20(22-15)28-13-7-16(26)17(9-25)27-10-13/h1,3-6,8,13,16-17,25-26H,7,9-10H2,(H,22,23,24)/t13-,16+,17?/m1/s1. The number of nitrogens with zero attached hydrogens (tertiary/aromatic N) is 2. The zero-order valence-corrected chi connectivity index (χ0v) is 15.6. The maximum absolute atomic E-state index is 9.96. The second-order valence-corrected chi connectivity index (χ2v) is 6.96. The summed E-state index contributed by atoms with van der Waals surface area (Å²) in [6.45, 7) is 0.0202. The van der Waals surface area contributed by atoms with Gasteiger partial charge in [0.1, 0.15) is 12.2 Å². The largest absolute Gasteiger partial charge is 0.459 e. The van der Waals surface area contributed by atoms with Crippen molar-refractivity contribution in [2.45, 2.75) is 24.7 Å². The number of hydrogen-bond acceptors (Lipinski definition) is 6. The Morgan fingerprint density at radius 3 is 2.79 bits per heavy atom. The zero-order valence-electron chi connectivity index (χ0n) is 14.8. The zero-order chi connectivity index (χ0) is 19.7. The minimum atomic E-state index is -0.793. The van der Waals surface area contributed by atoms with E-state index >= 15 is 0 Å². The van der Waals surface area contributed by atoms with Gasteiger partial charge in [0.25, 0.3) is 6.01 Å². The van der Waals surface area contributed by atoms with Gasteiger partial charge in [-0.25, -0.2) is 4.98 Å². The first-order valence-electron chi connectivity index (χ1n) is 8.78. The molecule has 28 heavy (non-hydrogen) atoms. The molecule has 0 saturated carbocycles. The van der Waals surface area contributed by atoms with E-state index in [2.05, 4.69) is 20.9 Å². The van der Waals surface area contributed by atoms with Crippen molar-refractivity contribution in [3.8, 4) is 29.6 Å². The predicted octanol–water partition coefficient (Wildman–Crippen LogP) is 2.15. The molecule has 1 fully saturated rings. The topological polar surface area (TPSA) is 100 Å². The molecule has 1 unspecified atom stereocenters. The van der Waals surface area contributed by atoms with E-state index in [0.29, 0.717) is 28.3 Å². The average Bonchev–Trinajstić information content (AvgIpc) is 3.08. The Labute approximate surface area is 166 Å². The first-order valence-corrected chi connectivity index (χ1v) is 9.15. The molecule has 1 aromatic carbocycles. The second kappa shape index (κ2) is 7.78. The highest BCUT2D eigenvalue weighted by Gasteiger charge is 2.31. The number of terminal acetylenes is 1. The van der Waals surface area contributed by atoms with Gasteiger partial charge in [-0.1, -0.05) is 29.7 Å². The Hall–Kier alpha value is -2.63. The molecule has 0 radical (unpaired) electrons. The van der Waals surface area contributed by atoms with Crippen LogP contribution in [0.3, 0.4) is 0 Å². The Balaban J connectivity index is 1.57. The van der Waals surface area contributed by atoms with E-state index in [4.69, 9.17) is 32.6 Å². The fourth-order valence-corrected chi connectivity index (χ4v) is 3.38. The number of halogens is 1. The Morgan fingerprint density at radius 1 is 1.32 bits per heavy atom. The highest BCUT2D eigenvalue weighted by Crippen LogP contribution is 2.30. The molecule has 144 valence electrons. The molecule has 0 amide bonds. The van der Waals surface area contributed by atoms with Gasteiger partial charge in [-0.15, -0.1) is 6.42 Å². The fraction of sp³-hybridized carbons (Fsp3) is 0.300. The van der Waals surface area contributed by atoms with Crippen LogP contribution in [-0.2, 0) is 4.74 Å². The van der Waals surface area contributed by atoms with Crippen LogP contribution in [0.25, 0.3) is 22.4 Å². The smallest absolute Gasteiger partial charge is 0.296 e. The van der Waals surface area contributed by atoms with Crippen LogP contribution in [-0.4, -0.2) is 56.7 Å². The first kappa shape index (κ1) is 18.7. The van der Waals surface area contributed by atoms with Crippen LogP contribution >= 0.6 is 11.6 Å². The van der Waals surface area contributed by atoms with Gasteiger partial charge in [0.2, 0.25) is 0 Å². The summed E-state index contributed by atoms with van der Waals surface area (Å²) in [4.78, 5) is 11.9. The molecule has 3 atom stereocenters. The van der Waals surface area contributed by atoms with Crippen LogP contribution in [0, 0.1) is 12.3 Å². The fourth-order valence-electron chi connectivity index (χ4n) is 3.12. The number of hydrogen-bond donors (Lipinski definition) is 3. The van der Waals surface area contributed by atoms with E-state index in [1.165, 1.54) is 0 Å². The van der Waals surface area contributed by atoms with Gasteiger partial charge in [0.15, 0.2) is 5.65 Å². The van der Waals surface area contributed by atoms with Crippen LogP contribution in [0.4, 0.5) is 0 Å². The van der Waals surface area contributed by atoms with Crippen molar-refractivity contribution in [1.82, 2.24) is 15.0 Å². The van der Waals surface area contributed by atoms with Gasteiger partial charge in [-0.2, -0.15) is 4.98 Å². The normalized spacial score (nSPS) is 22.1. The number of ether oxygens (including phenoxy) is 2. The van der Waals surface area contributed by atoms with Gasteiger partial charge >= 0.3 is 0 Å². The molecule has 0 bridgehead atoms. The molecule has 7 nitrogen and oxygen atoms in total. The lowest BCUT2D eigenvalue weighted by Gasteiger charge is -2.31. The molecule has 8 heteroatoms. The minimum absolute atomic E-state index is 0.230.